The van der Waals surface area contributed by atoms with Crippen LogP contribution in [0.2, 0.25) is 0 Å². The Hall–Kier alpha value is -2.14. The summed E-state index contributed by atoms with van der Waals surface area (Å²) in [5, 5.41) is 11.5. The average Bonchev–Trinajstić information content (AvgIpc) is 2.61. The van der Waals surface area contributed by atoms with Gasteiger partial charge < -0.3 is 9.47 Å². The first-order chi connectivity index (χ1) is 12.4. The fraction of sp³-hybridized carbons (Fsp3) is 0.524. The smallest absolute Gasteiger partial charge is 0.223 e. The molecule has 0 amide bonds. The third-order valence-electron chi connectivity index (χ3n) is 5.67. The van der Waals surface area contributed by atoms with Gasteiger partial charge in [0.1, 0.15) is 5.75 Å². The lowest BCUT2D eigenvalue weighted by atomic mass is 9.60. The van der Waals surface area contributed by atoms with Crippen molar-refractivity contribution in [1.82, 2.24) is 0 Å². The molecule has 0 spiro atoms. The first-order valence-corrected chi connectivity index (χ1v) is 9.11. The molecule has 2 aliphatic rings. The number of hydrogen-bond acceptors (Lipinski definition) is 4. The zero-order valence-electron chi connectivity index (χ0n) is 15.7. The number of ether oxygens (including phenoxy) is 2. The molecule has 1 aromatic carbocycles. The van der Waals surface area contributed by atoms with Crippen LogP contribution in [0, 0.1) is 27.4 Å². The second-order valence-electron chi connectivity index (χ2n) is 7.80. The molecule has 5 nitrogen and oxygen atoms in total. The molecule has 0 aromatic heterocycles. The molecule has 0 saturated carbocycles. The topological polar surface area (TPSA) is 61.6 Å². The van der Waals surface area contributed by atoms with Crippen molar-refractivity contribution in [2.75, 3.05) is 13.7 Å². The molecule has 4 atom stereocenters. The Kier molecular flexibility index (Phi) is 5.47. The molecule has 3 rings (SSSR count). The Bertz CT molecular complexity index is 709. The molecule has 0 unspecified atom stereocenters. The van der Waals surface area contributed by atoms with Crippen LogP contribution in [0.3, 0.4) is 0 Å². The molecule has 0 N–H and O–H groups in total. The van der Waals surface area contributed by atoms with Gasteiger partial charge in [-0.2, -0.15) is 0 Å². The molecule has 26 heavy (non-hydrogen) atoms. The maximum absolute atomic E-state index is 11.5. The zero-order chi connectivity index (χ0) is 18.7. The van der Waals surface area contributed by atoms with Gasteiger partial charge in [0.15, 0.2) is 0 Å². The summed E-state index contributed by atoms with van der Waals surface area (Å²) < 4.78 is 11.2. The van der Waals surface area contributed by atoms with Crippen molar-refractivity contribution in [3.05, 3.63) is 63.7 Å². The highest BCUT2D eigenvalue weighted by molar-refractivity contribution is 5.27. The van der Waals surface area contributed by atoms with E-state index in [0.29, 0.717) is 19.6 Å². The van der Waals surface area contributed by atoms with Crippen molar-refractivity contribution in [2.45, 2.75) is 39.3 Å². The number of methoxy groups -OCH3 is 1. The fourth-order valence-corrected chi connectivity index (χ4v) is 4.44. The van der Waals surface area contributed by atoms with Gasteiger partial charge in [-0.3, -0.25) is 10.1 Å². The fourth-order valence-electron chi connectivity index (χ4n) is 4.44. The van der Waals surface area contributed by atoms with E-state index in [0.717, 1.165) is 17.7 Å². The van der Waals surface area contributed by atoms with E-state index >= 15 is 0 Å². The largest absolute Gasteiger partial charge is 0.497 e. The molecule has 5 heteroatoms. The molecule has 140 valence electrons. The maximum atomic E-state index is 11.5. The quantitative estimate of drug-likeness (QED) is 0.430. The van der Waals surface area contributed by atoms with Crippen molar-refractivity contribution >= 4 is 0 Å². The highest BCUT2D eigenvalue weighted by Crippen LogP contribution is 2.48. The highest BCUT2D eigenvalue weighted by Gasteiger charge is 2.48. The zero-order valence-corrected chi connectivity index (χ0v) is 15.7. The van der Waals surface area contributed by atoms with Crippen molar-refractivity contribution < 1.29 is 14.4 Å². The van der Waals surface area contributed by atoms with Gasteiger partial charge in [-0.15, -0.1) is 0 Å². The second-order valence-corrected chi connectivity index (χ2v) is 7.80. The monoisotopic (exact) mass is 357 g/mol. The first-order valence-electron chi connectivity index (χ1n) is 9.11. The minimum Gasteiger partial charge on any atom is -0.497 e. The summed E-state index contributed by atoms with van der Waals surface area (Å²) in [6.07, 6.45) is 7.69. The van der Waals surface area contributed by atoms with Gasteiger partial charge in [-0.1, -0.05) is 42.9 Å². The molecule has 0 fully saturated rings. The third-order valence-corrected chi connectivity index (χ3v) is 5.67. The van der Waals surface area contributed by atoms with Gasteiger partial charge in [0, 0.05) is 16.8 Å². The van der Waals surface area contributed by atoms with E-state index in [1.807, 2.05) is 30.3 Å². The van der Waals surface area contributed by atoms with Gasteiger partial charge >= 0.3 is 0 Å². The minimum absolute atomic E-state index is 0.0432. The normalized spacial score (nSPS) is 30.4. The maximum Gasteiger partial charge on any atom is 0.223 e. The van der Waals surface area contributed by atoms with E-state index in [9.17, 15) is 10.1 Å². The summed E-state index contributed by atoms with van der Waals surface area (Å²) in [6.45, 7) is 5.39. The average molecular weight is 357 g/mol. The molecule has 2 aliphatic carbocycles. The van der Waals surface area contributed by atoms with Crippen LogP contribution in [0.5, 0.6) is 5.75 Å². The molecule has 0 bridgehead atoms. The Balaban J connectivity index is 1.69. The van der Waals surface area contributed by atoms with Crippen LogP contribution in [0.4, 0.5) is 0 Å². The number of fused-ring (bicyclic) bond motifs is 1. The van der Waals surface area contributed by atoms with Crippen LogP contribution in [0.15, 0.2) is 48.1 Å². The highest BCUT2D eigenvalue weighted by atomic mass is 16.6. The van der Waals surface area contributed by atoms with E-state index in [2.05, 4.69) is 26.0 Å². The van der Waals surface area contributed by atoms with E-state index in [1.165, 1.54) is 5.57 Å². The number of rotatable bonds is 6. The minimum atomic E-state index is -0.527. The van der Waals surface area contributed by atoms with Crippen LogP contribution < -0.4 is 4.74 Å². The van der Waals surface area contributed by atoms with Gasteiger partial charge in [-0.25, -0.2) is 0 Å². The summed E-state index contributed by atoms with van der Waals surface area (Å²) >= 11 is 0. The standard InChI is InChI=1S/C21H27NO4/c1-15-11-18-19(5-4-6-20(18)22(23)24)21(2,12-15)14-26-13-16-7-9-17(25-3)10-8-16/h4-5,7-11,18-20H,6,12-14H2,1-3H3/t18-,19+,20+,21-/m1/s1. The molecular formula is C21H27NO4. The predicted molar refractivity (Wildman–Crippen MR) is 101 cm³/mol. The van der Waals surface area contributed by atoms with Crippen LogP contribution in [0.25, 0.3) is 0 Å². The molecule has 0 heterocycles. The number of hydrogen-bond donors (Lipinski definition) is 0. The van der Waals surface area contributed by atoms with Crippen molar-refractivity contribution in [1.29, 1.82) is 0 Å². The first kappa shape index (κ1) is 18.6. The van der Waals surface area contributed by atoms with E-state index in [4.69, 9.17) is 9.47 Å². The molecule has 0 radical (unpaired) electrons. The molecular weight excluding hydrogens is 330 g/mol. The van der Waals surface area contributed by atoms with Crippen molar-refractivity contribution in [3.8, 4) is 5.75 Å². The number of nitrogens with zero attached hydrogens (tertiary/aromatic N) is 1. The lowest BCUT2D eigenvalue weighted by Gasteiger charge is -2.45. The van der Waals surface area contributed by atoms with Crippen LogP contribution in [0.1, 0.15) is 32.3 Å². The van der Waals surface area contributed by atoms with E-state index < -0.39 is 6.04 Å². The van der Waals surface area contributed by atoms with Crippen molar-refractivity contribution in [2.24, 2.45) is 17.3 Å². The molecule has 0 aliphatic heterocycles. The summed E-state index contributed by atoms with van der Waals surface area (Å²) in [6, 6.07) is 7.32. The Morgan fingerprint density at radius 1 is 1.31 bits per heavy atom. The third kappa shape index (κ3) is 3.83. The summed E-state index contributed by atoms with van der Waals surface area (Å²) in [5.41, 5.74) is 2.20. The van der Waals surface area contributed by atoms with Crippen molar-refractivity contribution in [3.63, 3.8) is 0 Å². The summed E-state index contributed by atoms with van der Waals surface area (Å²) in [4.78, 5) is 11.4. The molecule has 0 saturated heterocycles. The molecule has 1 aromatic rings. The van der Waals surface area contributed by atoms with E-state index in [1.54, 1.807) is 7.11 Å². The van der Waals surface area contributed by atoms with Gasteiger partial charge in [0.2, 0.25) is 6.04 Å². The predicted octanol–water partition coefficient (Wildman–Crippen LogP) is 4.41. The number of benzene rings is 1. The van der Waals surface area contributed by atoms with Crippen LogP contribution >= 0.6 is 0 Å². The van der Waals surface area contributed by atoms with Crippen LogP contribution in [-0.4, -0.2) is 24.7 Å². The van der Waals surface area contributed by atoms with Gasteiger partial charge in [0.05, 0.1) is 26.2 Å². The Morgan fingerprint density at radius 2 is 2.04 bits per heavy atom. The van der Waals surface area contributed by atoms with E-state index in [-0.39, 0.29) is 22.2 Å². The Morgan fingerprint density at radius 3 is 2.69 bits per heavy atom. The summed E-state index contributed by atoms with van der Waals surface area (Å²) in [7, 11) is 1.65. The number of allylic oxidation sites excluding steroid dienone is 2. The summed E-state index contributed by atoms with van der Waals surface area (Å²) in [5.74, 6) is 0.930. The van der Waals surface area contributed by atoms with Gasteiger partial charge in [0.25, 0.3) is 0 Å². The lowest BCUT2D eigenvalue weighted by Crippen LogP contribution is -2.46. The van der Waals surface area contributed by atoms with Gasteiger partial charge in [-0.05, 0) is 37.0 Å². The Labute approximate surface area is 154 Å². The second kappa shape index (κ2) is 7.62. The lowest BCUT2D eigenvalue weighted by molar-refractivity contribution is -0.532. The SMILES string of the molecule is COc1ccc(COC[C@@]2(C)CC(C)=C[C@H]3[C@@H]([N+](=O)[O-])CC=C[C@@H]32)cc1. The van der Waals surface area contributed by atoms with Crippen LogP contribution in [-0.2, 0) is 11.3 Å². The number of nitro groups is 1.